The fourth-order valence-corrected chi connectivity index (χ4v) is 4.12. The van der Waals surface area contributed by atoms with Crippen LogP contribution in [0, 0.1) is 0 Å². The molecule has 8 heteroatoms. The maximum atomic E-state index is 12.6. The van der Waals surface area contributed by atoms with Crippen LogP contribution in [0.2, 0.25) is 5.02 Å². The van der Waals surface area contributed by atoms with E-state index < -0.39 is 10.0 Å². The first-order valence-corrected chi connectivity index (χ1v) is 9.51. The number of hydrogen-bond acceptors (Lipinski definition) is 3. The van der Waals surface area contributed by atoms with Crippen LogP contribution >= 0.6 is 11.6 Å². The second-order valence-corrected chi connectivity index (χ2v) is 7.67. The normalized spacial score (nSPS) is 16.4. The predicted octanol–water partition coefficient (Wildman–Crippen LogP) is 2.11. The second-order valence-electron chi connectivity index (χ2n) is 5.30. The van der Waals surface area contributed by atoms with Crippen LogP contribution < -0.4 is 0 Å². The van der Waals surface area contributed by atoms with Crippen LogP contribution in [0.1, 0.15) is 13.8 Å². The summed E-state index contributed by atoms with van der Waals surface area (Å²) in [6.45, 7) is 6.59. The fraction of sp³-hybridized carbons (Fsp3) is 0.533. The second kappa shape index (κ2) is 7.51. The van der Waals surface area contributed by atoms with E-state index in [0.717, 1.165) is 0 Å². The SMILES string of the molecule is CCN(CC)C(=O)N1CCN(S(=O)(=O)c2ccc(Cl)cc2)CC1. The molecule has 1 fully saturated rings. The Kier molecular flexibility index (Phi) is 5.89. The molecule has 1 heterocycles. The van der Waals surface area contributed by atoms with Crippen LogP contribution in [0.5, 0.6) is 0 Å². The van der Waals surface area contributed by atoms with Crippen molar-refractivity contribution < 1.29 is 13.2 Å². The van der Waals surface area contributed by atoms with E-state index in [1.807, 2.05) is 13.8 Å². The van der Waals surface area contributed by atoms with Gasteiger partial charge in [-0.3, -0.25) is 0 Å². The van der Waals surface area contributed by atoms with E-state index in [1.165, 1.54) is 16.4 Å². The summed E-state index contributed by atoms with van der Waals surface area (Å²) < 4.78 is 26.6. The number of nitrogens with zero attached hydrogens (tertiary/aromatic N) is 3. The standard InChI is InChI=1S/C15H22ClN3O3S/c1-3-17(4-2)15(20)18-9-11-19(12-10-18)23(21,22)14-7-5-13(16)6-8-14/h5-8H,3-4,9-12H2,1-2H3. The summed E-state index contributed by atoms with van der Waals surface area (Å²) in [7, 11) is -3.54. The van der Waals surface area contributed by atoms with E-state index in [4.69, 9.17) is 11.6 Å². The zero-order valence-electron chi connectivity index (χ0n) is 13.4. The number of rotatable bonds is 4. The Labute approximate surface area is 142 Å². The van der Waals surface area contributed by atoms with Gasteiger partial charge in [0.15, 0.2) is 0 Å². The highest BCUT2D eigenvalue weighted by molar-refractivity contribution is 7.89. The smallest absolute Gasteiger partial charge is 0.320 e. The number of benzene rings is 1. The molecule has 1 aliphatic heterocycles. The van der Waals surface area contributed by atoms with Gasteiger partial charge in [-0.25, -0.2) is 13.2 Å². The monoisotopic (exact) mass is 359 g/mol. The summed E-state index contributed by atoms with van der Waals surface area (Å²) in [6, 6.07) is 6.11. The molecule has 6 nitrogen and oxygen atoms in total. The van der Waals surface area contributed by atoms with Gasteiger partial charge in [0.1, 0.15) is 0 Å². The molecule has 0 aromatic heterocycles. The van der Waals surface area contributed by atoms with Crippen molar-refractivity contribution in [1.29, 1.82) is 0 Å². The Hall–Kier alpha value is -1.31. The molecule has 2 amide bonds. The van der Waals surface area contributed by atoms with Crippen LogP contribution in [-0.2, 0) is 10.0 Å². The molecular weight excluding hydrogens is 338 g/mol. The number of amides is 2. The predicted molar refractivity (Wildman–Crippen MR) is 90.1 cm³/mol. The Bertz CT molecular complexity index is 636. The molecule has 1 saturated heterocycles. The first kappa shape index (κ1) is 18.0. The van der Waals surface area contributed by atoms with Crippen LogP contribution in [0.15, 0.2) is 29.2 Å². The maximum Gasteiger partial charge on any atom is 0.320 e. The van der Waals surface area contributed by atoms with Crippen molar-refractivity contribution in [2.75, 3.05) is 39.3 Å². The van der Waals surface area contributed by atoms with Gasteiger partial charge in [-0.05, 0) is 38.1 Å². The molecule has 0 N–H and O–H groups in total. The van der Waals surface area contributed by atoms with Crippen molar-refractivity contribution in [3.05, 3.63) is 29.3 Å². The van der Waals surface area contributed by atoms with Gasteiger partial charge in [-0.2, -0.15) is 4.31 Å². The molecule has 0 saturated carbocycles. The highest BCUT2D eigenvalue weighted by Crippen LogP contribution is 2.20. The summed E-state index contributed by atoms with van der Waals surface area (Å²) in [4.78, 5) is 16.0. The van der Waals surface area contributed by atoms with Crippen molar-refractivity contribution in [2.24, 2.45) is 0 Å². The molecule has 1 aromatic carbocycles. The highest BCUT2D eigenvalue weighted by atomic mass is 35.5. The number of halogens is 1. The molecule has 0 unspecified atom stereocenters. The summed E-state index contributed by atoms with van der Waals surface area (Å²) >= 11 is 5.80. The average molecular weight is 360 g/mol. The third-order valence-corrected chi connectivity index (χ3v) is 6.16. The van der Waals surface area contributed by atoms with Crippen molar-refractivity contribution in [3.63, 3.8) is 0 Å². The summed E-state index contributed by atoms with van der Waals surface area (Å²) in [6.07, 6.45) is 0. The van der Waals surface area contributed by atoms with Gasteiger partial charge in [0.25, 0.3) is 0 Å². The molecule has 128 valence electrons. The number of carbonyl (C=O) groups is 1. The molecule has 0 spiro atoms. The number of piperazine rings is 1. The third kappa shape index (κ3) is 3.97. The third-order valence-electron chi connectivity index (χ3n) is 3.99. The summed E-state index contributed by atoms with van der Waals surface area (Å²) in [5.74, 6) is 0. The van der Waals surface area contributed by atoms with Gasteiger partial charge < -0.3 is 9.80 Å². The van der Waals surface area contributed by atoms with Gasteiger partial charge in [-0.1, -0.05) is 11.6 Å². The van der Waals surface area contributed by atoms with Gasteiger partial charge in [0, 0.05) is 44.3 Å². The zero-order chi connectivity index (χ0) is 17.0. The van der Waals surface area contributed by atoms with E-state index in [1.54, 1.807) is 21.9 Å². The van der Waals surface area contributed by atoms with Crippen molar-refractivity contribution in [3.8, 4) is 0 Å². The number of carbonyl (C=O) groups excluding carboxylic acids is 1. The number of hydrogen-bond donors (Lipinski definition) is 0. The fourth-order valence-electron chi connectivity index (χ4n) is 2.57. The Morgan fingerprint density at radius 2 is 1.61 bits per heavy atom. The number of urea groups is 1. The van der Waals surface area contributed by atoms with Crippen molar-refractivity contribution in [2.45, 2.75) is 18.7 Å². The minimum atomic E-state index is -3.54. The van der Waals surface area contributed by atoms with Crippen LogP contribution in [-0.4, -0.2) is 67.8 Å². The average Bonchev–Trinajstić information content (AvgIpc) is 2.56. The lowest BCUT2D eigenvalue weighted by Gasteiger charge is -2.36. The lowest BCUT2D eigenvalue weighted by atomic mass is 10.4. The Balaban J connectivity index is 2.03. The summed E-state index contributed by atoms with van der Waals surface area (Å²) in [5.41, 5.74) is 0. The molecule has 0 radical (unpaired) electrons. The first-order chi connectivity index (χ1) is 10.9. The van der Waals surface area contributed by atoms with E-state index in [0.29, 0.717) is 44.3 Å². The molecule has 0 aliphatic carbocycles. The van der Waals surface area contributed by atoms with Crippen molar-refractivity contribution >= 4 is 27.7 Å². The van der Waals surface area contributed by atoms with E-state index in [-0.39, 0.29) is 10.9 Å². The largest absolute Gasteiger partial charge is 0.325 e. The van der Waals surface area contributed by atoms with E-state index >= 15 is 0 Å². The van der Waals surface area contributed by atoms with Gasteiger partial charge in [0.2, 0.25) is 10.0 Å². The van der Waals surface area contributed by atoms with Crippen LogP contribution in [0.25, 0.3) is 0 Å². The highest BCUT2D eigenvalue weighted by Gasteiger charge is 2.31. The van der Waals surface area contributed by atoms with Gasteiger partial charge in [-0.15, -0.1) is 0 Å². The minimum absolute atomic E-state index is 0.0291. The lowest BCUT2D eigenvalue weighted by Crippen LogP contribution is -2.53. The Morgan fingerprint density at radius 3 is 2.09 bits per heavy atom. The molecule has 0 atom stereocenters. The molecular formula is C15H22ClN3O3S. The molecule has 2 rings (SSSR count). The zero-order valence-corrected chi connectivity index (χ0v) is 15.0. The van der Waals surface area contributed by atoms with Gasteiger partial charge in [0.05, 0.1) is 4.90 Å². The molecule has 1 aromatic rings. The lowest BCUT2D eigenvalue weighted by molar-refractivity contribution is 0.138. The van der Waals surface area contributed by atoms with Crippen LogP contribution in [0.4, 0.5) is 4.79 Å². The van der Waals surface area contributed by atoms with Crippen LogP contribution in [0.3, 0.4) is 0 Å². The first-order valence-electron chi connectivity index (χ1n) is 7.69. The minimum Gasteiger partial charge on any atom is -0.325 e. The van der Waals surface area contributed by atoms with Gasteiger partial charge >= 0.3 is 6.03 Å². The molecule has 23 heavy (non-hydrogen) atoms. The Morgan fingerprint density at radius 1 is 1.09 bits per heavy atom. The van der Waals surface area contributed by atoms with E-state index in [9.17, 15) is 13.2 Å². The maximum absolute atomic E-state index is 12.6. The molecule has 1 aliphatic rings. The van der Waals surface area contributed by atoms with Crippen molar-refractivity contribution in [1.82, 2.24) is 14.1 Å². The molecule has 0 bridgehead atoms. The van der Waals surface area contributed by atoms with E-state index in [2.05, 4.69) is 0 Å². The quantitative estimate of drug-likeness (QED) is 0.827. The number of sulfonamides is 1. The topological polar surface area (TPSA) is 60.9 Å². The summed E-state index contributed by atoms with van der Waals surface area (Å²) in [5, 5.41) is 0.499.